The van der Waals surface area contributed by atoms with Crippen molar-refractivity contribution in [3.8, 4) is 23.7 Å². The van der Waals surface area contributed by atoms with E-state index < -0.39 is 40.7 Å². The smallest absolute Gasteiger partial charge is 0.256 e. The minimum atomic E-state index is -2.24. The predicted octanol–water partition coefficient (Wildman–Crippen LogP) is 2.09. The molecule has 0 saturated carbocycles. The monoisotopic (exact) mass is 472 g/mol. The average Bonchev–Trinajstić information content (AvgIpc) is 3.31. The molecule has 0 saturated heterocycles. The zero-order valence-electron chi connectivity index (χ0n) is 18.4. The maximum Gasteiger partial charge on any atom is 0.256 e. The molecule has 1 amide bonds. The zero-order chi connectivity index (χ0) is 25.2. The number of rotatable bonds is 4. The molecule has 174 valence electrons. The summed E-state index contributed by atoms with van der Waals surface area (Å²) in [4.78, 5) is 24.3. The number of pyridine rings is 2. The van der Waals surface area contributed by atoms with Crippen LogP contribution in [0.4, 0.5) is 8.78 Å². The second-order valence-electron chi connectivity index (χ2n) is 7.71. The number of benzene rings is 1. The van der Waals surface area contributed by atoms with Gasteiger partial charge in [0.05, 0.1) is 17.3 Å². The highest BCUT2D eigenvalue weighted by Crippen LogP contribution is 2.33. The highest BCUT2D eigenvalue weighted by atomic mass is 19.1. The third-order valence-corrected chi connectivity index (χ3v) is 5.41. The molecule has 0 bridgehead atoms. The summed E-state index contributed by atoms with van der Waals surface area (Å²) in [5.74, 6) is 8.24. The molecule has 9 heteroatoms. The van der Waals surface area contributed by atoms with Crippen molar-refractivity contribution in [2.24, 2.45) is 12.8 Å². The molecule has 0 radical (unpaired) electrons. The van der Waals surface area contributed by atoms with E-state index in [1.165, 1.54) is 46.7 Å². The van der Waals surface area contributed by atoms with Crippen LogP contribution in [0.1, 0.15) is 33.6 Å². The van der Waals surface area contributed by atoms with Crippen LogP contribution in [0.3, 0.4) is 0 Å². The van der Waals surface area contributed by atoms with E-state index in [1.807, 2.05) is 0 Å². The Labute approximate surface area is 198 Å². The van der Waals surface area contributed by atoms with Gasteiger partial charge in [-0.1, -0.05) is 5.92 Å². The van der Waals surface area contributed by atoms with Crippen LogP contribution in [0.2, 0.25) is 0 Å². The average molecular weight is 472 g/mol. The summed E-state index contributed by atoms with van der Waals surface area (Å²) in [6.45, 7) is 0. The summed E-state index contributed by atoms with van der Waals surface area (Å²) in [5.41, 5.74) is 3.15. The number of nitrogens with two attached hydrogens (primary N) is 1. The molecule has 4 aromatic rings. The van der Waals surface area contributed by atoms with E-state index in [-0.39, 0.29) is 11.1 Å². The number of nitrogens with zero attached hydrogens (tertiary/aromatic N) is 3. The van der Waals surface area contributed by atoms with Crippen LogP contribution in [-0.4, -0.2) is 25.2 Å². The second kappa shape index (κ2) is 9.26. The molecule has 0 aliphatic rings. The molecule has 0 aliphatic carbocycles. The molecule has 1 atom stereocenters. The zero-order valence-corrected chi connectivity index (χ0v) is 18.4. The molecule has 3 N–H and O–H groups in total. The maximum absolute atomic E-state index is 14.6. The normalized spacial score (nSPS) is 12.2. The lowest BCUT2D eigenvalue weighted by atomic mass is 9.84. The fourth-order valence-corrected chi connectivity index (χ4v) is 3.64. The number of aliphatic hydroxyl groups is 1. The van der Waals surface area contributed by atoms with Crippen LogP contribution < -0.4 is 11.3 Å². The number of fused-ring (bicyclic) bond motifs is 1. The van der Waals surface area contributed by atoms with Gasteiger partial charge in [-0.3, -0.25) is 9.59 Å². The van der Waals surface area contributed by atoms with Crippen LogP contribution in [0.5, 0.6) is 0 Å². The first-order chi connectivity index (χ1) is 16.7. The number of aryl methyl sites for hydroxylation is 1. The Balaban J connectivity index is 1.75. The van der Waals surface area contributed by atoms with Gasteiger partial charge in [0.15, 0.2) is 0 Å². The summed E-state index contributed by atoms with van der Waals surface area (Å²) in [6.07, 6.45) is 2.56. The fraction of sp³-hybridized carbons (Fsp3) is 0.115. The summed E-state index contributed by atoms with van der Waals surface area (Å²) < 4.78 is 31.3. The van der Waals surface area contributed by atoms with Crippen molar-refractivity contribution in [3.05, 3.63) is 105 Å². The molecule has 4 rings (SSSR count). The van der Waals surface area contributed by atoms with Crippen LogP contribution in [0, 0.1) is 35.3 Å². The van der Waals surface area contributed by atoms with Gasteiger partial charge in [-0.05, 0) is 66.3 Å². The summed E-state index contributed by atoms with van der Waals surface area (Å²) in [6, 6.07) is 10.2. The van der Waals surface area contributed by atoms with Gasteiger partial charge < -0.3 is 15.4 Å². The van der Waals surface area contributed by atoms with Gasteiger partial charge in [0.2, 0.25) is 5.91 Å². The molecule has 1 unspecified atom stereocenters. The Morgan fingerprint density at radius 3 is 2.71 bits per heavy atom. The van der Waals surface area contributed by atoms with Gasteiger partial charge in [-0.25, -0.2) is 13.3 Å². The topological polar surface area (TPSA) is 103 Å². The lowest BCUT2D eigenvalue weighted by Crippen LogP contribution is -2.36. The van der Waals surface area contributed by atoms with Crippen LogP contribution in [0.25, 0.3) is 5.52 Å². The largest absolute Gasteiger partial charge is 0.379 e. The molecule has 7 nitrogen and oxygen atoms in total. The van der Waals surface area contributed by atoms with Gasteiger partial charge in [-0.2, -0.15) is 5.10 Å². The SMILES string of the molecule is Cn1cccc(C(O)(CC#CC#Cc2cc(C(N)=O)cc3ccnn23)c2cc(F)ccc2F)c1=O. The summed E-state index contributed by atoms with van der Waals surface area (Å²) >= 11 is 0. The van der Waals surface area contributed by atoms with E-state index in [0.717, 1.165) is 18.2 Å². The van der Waals surface area contributed by atoms with Crippen molar-refractivity contribution in [3.63, 3.8) is 0 Å². The van der Waals surface area contributed by atoms with E-state index in [2.05, 4.69) is 28.8 Å². The third-order valence-electron chi connectivity index (χ3n) is 5.41. The Bertz CT molecular complexity index is 1650. The Morgan fingerprint density at radius 2 is 1.94 bits per heavy atom. The number of carbonyl (C=O) groups excluding carboxylic acids is 1. The summed E-state index contributed by atoms with van der Waals surface area (Å²) in [5, 5.41) is 15.6. The molecule has 3 aromatic heterocycles. The standard InChI is InChI=1S/C26H18F2N4O3/c1-31-13-5-7-21(25(31)34)26(35,22-16-18(27)8-9-23(22)28)11-4-2-3-6-19-14-17(24(29)33)15-20-10-12-30-32(19)20/h5,7-10,12-16,35H,11H2,1H3,(H2,29,33). The first kappa shape index (κ1) is 23.4. The fourth-order valence-electron chi connectivity index (χ4n) is 3.64. The van der Waals surface area contributed by atoms with Gasteiger partial charge >= 0.3 is 0 Å². The van der Waals surface area contributed by atoms with Crippen molar-refractivity contribution in [2.45, 2.75) is 12.0 Å². The van der Waals surface area contributed by atoms with Gasteiger partial charge in [0.25, 0.3) is 5.56 Å². The number of hydrogen-bond acceptors (Lipinski definition) is 4. The van der Waals surface area contributed by atoms with Gasteiger partial charge in [0, 0.05) is 30.8 Å². The van der Waals surface area contributed by atoms with Crippen molar-refractivity contribution >= 4 is 11.4 Å². The molecular weight excluding hydrogens is 454 g/mol. The van der Waals surface area contributed by atoms with E-state index in [9.17, 15) is 23.5 Å². The van der Waals surface area contributed by atoms with E-state index >= 15 is 0 Å². The highest BCUT2D eigenvalue weighted by molar-refractivity contribution is 5.94. The molecule has 35 heavy (non-hydrogen) atoms. The molecule has 0 aliphatic heterocycles. The number of hydrogen-bond donors (Lipinski definition) is 2. The lowest BCUT2D eigenvalue weighted by Gasteiger charge is -2.27. The van der Waals surface area contributed by atoms with Crippen molar-refractivity contribution in [1.82, 2.24) is 14.2 Å². The van der Waals surface area contributed by atoms with Crippen LogP contribution in [-0.2, 0) is 12.6 Å². The van der Waals surface area contributed by atoms with E-state index in [0.29, 0.717) is 11.2 Å². The third kappa shape index (κ3) is 4.54. The Morgan fingerprint density at radius 1 is 1.14 bits per heavy atom. The first-order valence-electron chi connectivity index (χ1n) is 10.3. The number of primary amides is 1. The van der Waals surface area contributed by atoms with Crippen molar-refractivity contribution in [2.75, 3.05) is 0 Å². The van der Waals surface area contributed by atoms with Crippen molar-refractivity contribution < 1.29 is 18.7 Å². The van der Waals surface area contributed by atoms with E-state index in [4.69, 9.17) is 5.73 Å². The minimum Gasteiger partial charge on any atom is -0.379 e. The second-order valence-corrected chi connectivity index (χ2v) is 7.71. The molecule has 3 heterocycles. The number of halogens is 2. The number of aromatic nitrogens is 3. The van der Waals surface area contributed by atoms with Crippen LogP contribution >= 0.6 is 0 Å². The molecule has 0 spiro atoms. The first-order valence-corrected chi connectivity index (χ1v) is 10.3. The van der Waals surface area contributed by atoms with E-state index in [1.54, 1.807) is 12.1 Å². The highest BCUT2D eigenvalue weighted by Gasteiger charge is 2.36. The quantitative estimate of drug-likeness (QED) is 0.444. The molecule has 0 fully saturated rings. The van der Waals surface area contributed by atoms with Crippen molar-refractivity contribution in [1.29, 1.82) is 0 Å². The Hall–Kier alpha value is -4.73. The summed E-state index contributed by atoms with van der Waals surface area (Å²) in [7, 11) is 1.47. The lowest BCUT2D eigenvalue weighted by molar-refractivity contribution is 0.0800. The number of amides is 1. The maximum atomic E-state index is 14.6. The van der Waals surface area contributed by atoms with Gasteiger partial charge in [-0.15, -0.1) is 0 Å². The minimum absolute atomic E-state index is 0.165. The molecule has 1 aromatic carbocycles. The molecular formula is C26H18F2N4O3. The predicted molar refractivity (Wildman–Crippen MR) is 124 cm³/mol. The number of carbonyl (C=O) groups is 1. The van der Waals surface area contributed by atoms with Gasteiger partial charge in [0.1, 0.15) is 22.9 Å². The Kier molecular flexibility index (Phi) is 6.20. The van der Waals surface area contributed by atoms with Crippen LogP contribution in [0.15, 0.2) is 65.7 Å².